The second-order valence-electron chi connectivity index (χ2n) is 5.94. The van der Waals surface area contributed by atoms with E-state index in [1.165, 1.54) is 0 Å². The Morgan fingerprint density at radius 3 is 2.70 bits per heavy atom. The highest BCUT2D eigenvalue weighted by Gasteiger charge is 2.23. The molecule has 3 aromatic rings. The molecule has 23 heavy (non-hydrogen) atoms. The van der Waals surface area contributed by atoms with E-state index in [1.807, 2.05) is 42.5 Å². The molecule has 0 aliphatic carbocycles. The first-order chi connectivity index (χ1) is 11.1. The SMILES string of the molecule is CC(C)n1c([C@@H](O)c2ccc3c(c2)OCO3)nc2ccccc21. The van der Waals surface area contributed by atoms with Crippen LogP contribution in [0.2, 0.25) is 0 Å². The van der Waals surface area contributed by atoms with Gasteiger partial charge in [-0.3, -0.25) is 0 Å². The van der Waals surface area contributed by atoms with Crippen LogP contribution in [0.3, 0.4) is 0 Å². The van der Waals surface area contributed by atoms with Crippen LogP contribution >= 0.6 is 0 Å². The van der Waals surface area contributed by atoms with Crippen molar-refractivity contribution < 1.29 is 14.6 Å². The molecule has 1 atom stereocenters. The Hall–Kier alpha value is -2.53. The molecule has 5 nitrogen and oxygen atoms in total. The van der Waals surface area contributed by atoms with Gasteiger partial charge in [0, 0.05) is 6.04 Å². The Morgan fingerprint density at radius 2 is 1.87 bits per heavy atom. The van der Waals surface area contributed by atoms with Crippen molar-refractivity contribution in [1.82, 2.24) is 9.55 Å². The molecule has 5 heteroatoms. The summed E-state index contributed by atoms with van der Waals surface area (Å²) in [5, 5.41) is 10.9. The Kier molecular flexibility index (Phi) is 3.23. The first-order valence-corrected chi connectivity index (χ1v) is 7.69. The minimum Gasteiger partial charge on any atom is -0.454 e. The number of rotatable bonds is 3. The van der Waals surface area contributed by atoms with E-state index in [1.54, 1.807) is 0 Å². The van der Waals surface area contributed by atoms with Crippen LogP contribution in [0.25, 0.3) is 11.0 Å². The molecule has 1 N–H and O–H groups in total. The number of aromatic nitrogens is 2. The molecule has 0 spiro atoms. The standard InChI is InChI=1S/C18H18N2O3/c1-11(2)20-14-6-4-3-5-13(14)19-18(20)17(21)12-7-8-15-16(9-12)23-10-22-15/h3-9,11,17,21H,10H2,1-2H3/t17-/m0/s1. The molecule has 4 rings (SSSR count). The van der Waals surface area contributed by atoms with Gasteiger partial charge in [0.1, 0.15) is 11.9 Å². The van der Waals surface area contributed by atoms with Crippen LogP contribution in [-0.2, 0) is 0 Å². The fraction of sp³-hybridized carbons (Fsp3) is 0.278. The molecule has 1 aliphatic heterocycles. The Bertz CT molecular complexity index is 870. The van der Waals surface area contributed by atoms with Crippen molar-refractivity contribution in [2.24, 2.45) is 0 Å². The van der Waals surface area contributed by atoms with Crippen LogP contribution < -0.4 is 9.47 Å². The Labute approximate surface area is 134 Å². The van der Waals surface area contributed by atoms with Crippen molar-refractivity contribution in [2.75, 3.05) is 6.79 Å². The molecule has 0 fully saturated rings. The lowest BCUT2D eigenvalue weighted by molar-refractivity contribution is 0.173. The number of ether oxygens (including phenoxy) is 2. The lowest BCUT2D eigenvalue weighted by Crippen LogP contribution is -2.12. The van der Waals surface area contributed by atoms with Gasteiger partial charge >= 0.3 is 0 Å². The molecule has 0 unspecified atom stereocenters. The smallest absolute Gasteiger partial charge is 0.231 e. The van der Waals surface area contributed by atoms with Gasteiger partial charge in [-0.25, -0.2) is 4.98 Å². The number of fused-ring (bicyclic) bond motifs is 2. The molecule has 2 heterocycles. The highest BCUT2D eigenvalue weighted by Crippen LogP contribution is 2.36. The predicted octanol–water partition coefficient (Wildman–Crippen LogP) is 3.43. The van der Waals surface area contributed by atoms with E-state index in [0.717, 1.165) is 16.6 Å². The van der Waals surface area contributed by atoms with Crippen molar-refractivity contribution >= 4 is 11.0 Å². The van der Waals surface area contributed by atoms with Crippen LogP contribution in [0.5, 0.6) is 11.5 Å². The monoisotopic (exact) mass is 310 g/mol. The number of benzene rings is 2. The van der Waals surface area contributed by atoms with Crippen LogP contribution in [-0.4, -0.2) is 21.5 Å². The molecule has 118 valence electrons. The zero-order valence-electron chi connectivity index (χ0n) is 13.1. The maximum absolute atomic E-state index is 10.9. The highest BCUT2D eigenvalue weighted by atomic mass is 16.7. The number of para-hydroxylation sites is 2. The number of hydrogen-bond donors (Lipinski definition) is 1. The zero-order valence-corrected chi connectivity index (χ0v) is 13.1. The van der Waals surface area contributed by atoms with Crippen molar-refractivity contribution in [3.8, 4) is 11.5 Å². The predicted molar refractivity (Wildman–Crippen MR) is 86.7 cm³/mol. The first kappa shape index (κ1) is 14.1. The van der Waals surface area contributed by atoms with Gasteiger partial charge in [-0.1, -0.05) is 18.2 Å². The summed E-state index contributed by atoms with van der Waals surface area (Å²) < 4.78 is 12.8. The topological polar surface area (TPSA) is 56.5 Å². The third-order valence-corrected chi connectivity index (χ3v) is 4.10. The van der Waals surface area contributed by atoms with E-state index in [9.17, 15) is 5.11 Å². The number of imidazole rings is 1. The molecule has 0 saturated heterocycles. The average molecular weight is 310 g/mol. The molecule has 0 bridgehead atoms. The minimum atomic E-state index is -0.820. The largest absolute Gasteiger partial charge is 0.454 e. The summed E-state index contributed by atoms with van der Waals surface area (Å²) in [4.78, 5) is 4.64. The van der Waals surface area contributed by atoms with Crippen molar-refractivity contribution in [2.45, 2.75) is 26.0 Å². The van der Waals surface area contributed by atoms with E-state index in [4.69, 9.17) is 9.47 Å². The van der Waals surface area contributed by atoms with E-state index in [2.05, 4.69) is 23.4 Å². The molecular weight excluding hydrogens is 292 g/mol. The molecule has 1 aromatic heterocycles. The van der Waals surface area contributed by atoms with Crippen molar-refractivity contribution in [1.29, 1.82) is 0 Å². The summed E-state index contributed by atoms with van der Waals surface area (Å²) in [7, 11) is 0. The third-order valence-electron chi connectivity index (χ3n) is 4.10. The van der Waals surface area contributed by atoms with Gasteiger partial charge in [0.05, 0.1) is 11.0 Å². The summed E-state index contributed by atoms with van der Waals surface area (Å²) in [5.74, 6) is 2.01. The average Bonchev–Trinajstić information content (AvgIpc) is 3.17. The second-order valence-corrected chi connectivity index (χ2v) is 5.94. The fourth-order valence-corrected chi connectivity index (χ4v) is 3.03. The van der Waals surface area contributed by atoms with Crippen molar-refractivity contribution in [3.05, 3.63) is 53.9 Å². The van der Waals surface area contributed by atoms with Crippen LogP contribution in [0.1, 0.15) is 37.4 Å². The molecule has 0 radical (unpaired) electrons. The number of aliphatic hydroxyl groups excluding tert-OH is 1. The van der Waals surface area contributed by atoms with Gasteiger partial charge in [-0.2, -0.15) is 0 Å². The minimum absolute atomic E-state index is 0.195. The molecular formula is C18H18N2O3. The second kappa shape index (κ2) is 5.28. The quantitative estimate of drug-likeness (QED) is 0.805. The summed E-state index contributed by atoms with van der Waals surface area (Å²) in [6, 6.07) is 13.6. The van der Waals surface area contributed by atoms with Gasteiger partial charge in [0.25, 0.3) is 0 Å². The molecule has 1 aliphatic rings. The van der Waals surface area contributed by atoms with Gasteiger partial charge in [-0.05, 0) is 43.7 Å². The lowest BCUT2D eigenvalue weighted by Gasteiger charge is -2.17. The summed E-state index contributed by atoms with van der Waals surface area (Å²) in [6.07, 6.45) is -0.820. The van der Waals surface area contributed by atoms with Crippen LogP contribution in [0.4, 0.5) is 0 Å². The fourth-order valence-electron chi connectivity index (χ4n) is 3.03. The number of hydrogen-bond acceptors (Lipinski definition) is 4. The number of aliphatic hydroxyl groups is 1. The maximum atomic E-state index is 10.9. The van der Waals surface area contributed by atoms with Gasteiger partial charge < -0.3 is 19.1 Å². The van der Waals surface area contributed by atoms with E-state index < -0.39 is 6.10 Å². The lowest BCUT2D eigenvalue weighted by atomic mass is 10.1. The van der Waals surface area contributed by atoms with Gasteiger partial charge in [0.15, 0.2) is 11.5 Å². The van der Waals surface area contributed by atoms with Crippen molar-refractivity contribution in [3.63, 3.8) is 0 Å². The molecule has 0 amide bonds. The Balaban J connectivity index is 1.83. The highest BCUT2D eigenvalue weighted by molar-refractivity contribution is 5.76. The van der Waals surface area contributed by atoms with Gasteiger partial charge in [0.2, 0.25) is 6.79 Å². The molecule has 0 saturated carbocycles. The van der Waals surface area contributed by atoms with E-state index in [0.29, 0.717) is 17.3 Å². The Morgan fingerprint density at radius 1 is 1.09 bits per heavy atom. The van der Waals surface area contributed by atoms with E-state index >= 15 is 0 Å². The normalized spacial score (nSPS) is 14.6. The van der Waals surface area contributed by atoms with Gasteiger partial charge in [-0.15, -0.1) is 0 Å². The maximum Gasteiger partial charge on any atom is 0.231 e. The zero-order chi connectivity index (χ0) is 16.0. The molecule has 2 aromatic carbocycles. The van der Waals surface area contributed by atoms with E-state index in [-0.39, 0.29) is 12.8 Å². The summed E-state index contributed by atoms with van der Waals surface area (Å²) in [5.41, 5.74) is 2.65. The third kappa shape index (κ3) is 2.24. The first-order valence-electron chi connectivity index (χ1n) is 7.69. The number of nitrogens with zero attached hydrogens (tertiary/aromatic N) is 2. The summed E-state index contributed by atoms with van der Waals surface area (Å²) in [6.45, 7) is 4.40. The van der Waals surface area contributed by atoms with Crippen LogP contribution in [0, 0.1) is 0 Å². The van der Waals surface area contributed by atoms with Crippen LogP contribution in [0.15, 0.2) is 42.5 Å². The summed E-state index contributed by atoms with van der Waals surface area (Å²) >= 11 is 0.